The Hall–Kier alpha value is -0.830. The van der Waals surface area contributed by atoms with Crippen molar-refractivity contribution in [2.24, 2.45) is 11.8 Å². The molecule has 0 spiro atoms. The molecule has 0 aromatic carbocycles. The second-order valence-electron chi connectivity index (χ2n) is 7.25. The number of likely N-dealkylation sites (N-methyl/N-ethyl adjacent to an activating group) is 1. The van der Waals surface area contributed by atoms with Crippen LogP contribution < -0.4 is 5.32 Å². The molecule has 0 saturated heterocycles. The SMILES string of the molecule is CNC(Cc1ccn(C2CCCCC2)n1)C1CCCC1C. The lowest BCUT2D eigenvalue weighted by Gasteiger charge is -2.26. The third-order valence-electron chi connectivity index (χ3n) is 5.86. The molecule has 2 aliphatic rings. The Morgan fingerprint density at radius 3 is 2.67 bits per heavy atom. The van der Waals surface area contributed by atoms with Gasteiger partial charge in [0.1, 0.15) is 0 Å². The van der Waals surface area contributed by atoms with Crippen molar-refractivity contribution < 1.29 is 0 Å². The molecule has 3 rings (SSSR count). The smallest absolute Gasteiger partial charge is 0.0640 e. The lowest BCUT2D eigenvalue weighted by molar-refractivity contribution is 0.302. The fourth-order valence-electron chi connectivity index (χ4n) is 4.50. The summed E-state index contributed by atoms with van der Waals surface area (Å²) >= 11 is 0. The molecule has 2 saturated carbocycles. The summed E-state index contributed by atoms with van der Waals surface area (Å²) in [4.78, 5) is 0. The van der Waals surface area contributed by atoms with Crippen molar-refractivity contribution in [3.63, 3.8) is 0 Å². The third kappa shape index (κ3) is 3.50. The van der Waals surface area contributed by atoms with Crippen molar-refractivity contribution >= 4 is 0 Å². The summed E-state index contributed by atoms with van der Waals surface area (Å²) in [5.74, 6) is 1.69. The van der Waals surface area contributed by atoms with Crippen molar-refractivity contribution in [1.82, 2.24) is 15.1 Å². The first-order chi connectivity index (χ1) is 10.3. The quantitative estimate of drug-likeness (QED) is 0.889. The van der Waals surface area contributed by atoms with Gasteiger partial charge in [0.25, 0.3) is 0 Å². The second kappa shape index (κ2) is 6.95. The maximum atomic E-state index is 4.89. The number of nitrogens with one attached hydrogen (secondary N) is 1. The van der Waals surface area contributed by atoms with E-state index >= 15 is 0 Å². The lowest BCUT2D eigenvalue weighted by atomic mass is 9.88. The monoisotopic (exact) mass is 289 g/mol. The molecule has 118 valence electrons. The van der Waals surface area contributed by atoms with Gasteiger partial charge in [-0.1, -0.05) is 39.0 Å². The fraction of sp³-hybridized carbons (Fsp3) is 0.833. The highest BCUT2D eigenvalue weighted by atomic mass is 15.3. The third-order valence-corrected chi connectivity index (χ3v) is 5.86. The highest BCUT2D eigenvalue weighted by Crippen LogP contribution is 2.34. The summed E-state index contributed by atoms with van der Waals surface area (Å²) in [6, 6.07) is 3.50. The van der Waals surface area contributed by atoms with Crippen molar-refractivity contribution in [1.29, 1.82) is 0 Å². The van der Waals surface area contributed by atoms with E-state index in [-0.39, 0.29) is 0 Å². The van der Waals surface area contributed by atoms with E-state index in [4.69, 9.17) is 5.10 Å². The molecule has 1 N–H and O–H groups in total. The molecule has 3 heteroatoms. The fourth-order valence-corrected chi connectivity index (χ4v) is 4.50. The standard InChI is InChI=1S/C18H31N3/c1-14-7-6-10-17(14)18(19-2)13-15-11-12-21(20-15)16-8-4-3-5-9-16/h11-12,14,16-19H,3-10,13H2,1-2H3. The van der Waals surface area contributed by atoms with Gasteiger partial charge < -0.3 is 5.32 Å². The molecule has 21 heavy (non-hydrogen) atoms. The van der Waals surface area contributed by atoms with Crippen LogP contribution in [0.2, 0.25) is 0 Å². The molecular formula is C18H31N3. The van der Waals surface area contributed by atoms with E-state index in [1.54, 1.807) is 0 Å². The second-order valence-corrected chi connectivity index (χ2v) is 7.25. The van der Waals surface area contributed by atoms with Gasteiger partial charge in [-0.3, -0.25) is 4.68 Å². The van der Waals surface area contributed by atoms with Crippen LogP contribution in [0.3, 0.4) is 0 Å². The van der Waals surface area contributed by atoms with E-state index in [1.165, 1.54) is 57.1 Å². The Morgan fingerprint density at radius 2 is 2.00 bits per heavy atom. The summed E-state index contributed by atoms with van der Waals surface area (Å²) in [7, 11) is 2.12. The van der Waals surface area contributed by atoms with E-state index in [0.29, 0.717) is 12.1 Å². The van der Waals surface area contributed by atoms with Gasteiger partial charge in [-0.2, -0.15) is 5.10 Å². The largest absolute Gasteiger partial charge is 0.316 e. The molecule has 1 aromatic rings. The minimum absolute atomic E-state index is 0.595. The Kier molecular flexibility index (Phi) is 4.99. The first-order valence-corrected chi connectivity index (χ1v) is 8.99. The van der Waals surface area contributed by atoms with Gasteiger partial charge in [-0.05, 0) is 44.2 Å². The van der Waals surface area contributed by atoms with E-state index in [1.807, 2.05) is 0 Å². The zero-order valence-corrected chi connectivity index (χ0v) is 13.7. The van der Waals surface area contributed by atoms with Gasteiger partial charge in [0.2, 0.25) is 0 Å². The minimum atomic E-state index is 0.595. The van der Waals surface area contributed by atoms with Crippen LogP contribution in [-0.4, -0.2) is 22.9 Å². The summed E-state index contributed by atoms with van der Waals surface area (Å²) in [5.41, 5.74) is 1.28. The van der Waals surface area contributed by atoms with Crippen LogP contribution in [0.15, 0.2) is 12.3 Å². The van der Waals surface area contributed by atoms with Crippen LogP contribution in [0.5, 0.6) is 0 Å². The summed E-state index contributed by atoms with van der Waals surface area (Å²) in [6.45, 7) is 2.42. The molecule has 3 nitrogen and oxygen atoms in total. The Morgan fingerprint density at radius 1 is 1.19 bits per heavy atom. The maximum absolute atomic E-state index is 4.89. The van der Waals surface area contributed by atoms with Crippen LogP contribution in [0.4, 0.5) is 0 Å². The number of aromatic nitrogens is 2. The molecule has 1 heterocycles. The van der Waals surface area contributed by atoms with Crippen LogP contribution in [0.25, 0.3) is 0 Å². The van der Waals surface area contributed by atoms with Crippen molar-refractivity contribution in [3.05, 3.63) is 18.0 Å². The van der Waals surface area contributed by atoms with Gasteiger partial charge >= 0.3 is 0 Å². The number of nitrogens with zero attached hydrogens (tertiary/aromatic N) is 2. The molecule has 1 aromatic heterocycles. The zero-order chi connectivity index (χ0) is 14.7. The molecule has 0 aliphatic heterocycles. The summed E-state index contributed by atoms with van der Waals surface area (Å²) in [5, 5.41) is 8.46. The van der Waals surface area contributed by atoms with Crippen LogP contribution in [0.1, 0.15) is 70.0 Å². The van der Waals surface area contributed by atoms with Gasteiger partial charge in [-0.15, -0.1) is 0 Å². The maximum Gasteiger partial charge on any atom is 0.0640 e. The molecular weight excluding hydrogens is 258 g/mol. The van der Waals surface area contributed by atoms with Crippen molar-refractivity contribution in [2.75, 3.05) is 7.05 Å². The highest BCUT2D eigenvalue weighted by Gasteiger charge is 2.30. The van der Waals surface area contributed by atoms with Crippen LogP contribution >= 0.6 is 0 Å². The Bertz CT molecular complexity index is 433. The molecule has 2 fully saturated rings. The first-order valence-electron chi connectivity index (χ1n) is 8.99. The predicted molar refractivity (Wildman–Crippen MR) is 87.4 cm³/mol. The molecule has 0 amide bonds. The number of hydrogen-bond donors (Lipinski definition) is 1. The average molecular weight is 289 g/mol. The minimum Gasteiger partial charge on any atom is -0.316 e. The van der Waals surface area contributed by atoms with Crippen LogP contribution in [0, 0.1) is 11.8 Å². The summed E-state index contributed by atoms with van der Waals surface area (Å²) < 4.78 is 2.25. The van der Waals surface area contributed by atoms with E-state index in [0.717, 1.165) is 18.3 Å². The molecule has 0 radical (unpaired) electrons. The molecule has 0 bridgehead atoms. The molecule has 3 atom stereocenters. The average Bonchev–Trinajstić information content (AvgIpc) is 3.15. The lowest BCUT2D eigenvalue weighted by Crippen LogP contribution is -2.37. The number of rotatable bonds is 5. The van der Waals surface area contributed by atoms with Gasteiger partial charge in [0.05, 0.1) is 11.7 Å². The molecule has 3 unspecified atom stereocenters. The van der Waals surface area contributed by atoms with E-state index < -0.39 is 0 Å². The summed E-state index contributed by atoms with van der Waals surface area (Å²) in [6.07, 6.45) is 14.3. The zero-order valence-electron chi connectivity index (χ0n) is 13.7. The van der Waals surface area contributed by atoms with Crippen molar-refractivity contribution in [2.45, 2.75) is 76.8 Å². The Balaban J connectivity index is 1.62. The highest BCUT2D eigenvalue weighted by molar-refractivity contribution is 5.04. The number of hydrogen-bond acceptors (Lipinski definition) is 2. The van der Waals surface area contributed by atoms with E-state index in [2.05, 4.69) is 36.2 Å². The normalized spacial score (nSPS) is 28.9. The van der Waals surface area contributed by atoms with Crippen molar-refractivity contribution in [3.8, 4) is 0 Å². The van der Waals surface area contributed by atoms with Gasteiger partial charge in [-0.25, -0.2) is 0 Å². The molecule has 2 aliphatic carbocycles. The topological polar surface area (TPSA) is 29.9 Å². The first kappa shape index (κ1) is 15.1. The van der Waals surface area contributed by atoms with Gasteiger partial charge in [0, 0.05) is 18.7 Å². The van der Waals surface area contributed by atoms with E-state index in [9.17, 15) is 0 Å². The van der Waals surface area contributed by atoms with Gasteiger partial charge in [0.15, 0.2) is 0 Å². The predicted octanol–water partition coefficient (Wildman–Crippen LogP) is 3.96. The Labute approximate surface area is 129 Å². The van der Waals surface area contributed by atoms with Crippen LogP contribution in [-0.2, 0) is 6.42 Å².